The van der Waals surface area contributed by atoms with E-state index in [-0.39, 0.29) is 5.91 Å². The third kappa shape index (κ3) is 3.13. The minimum absolute atomic E-state index is 0.0214. The van der Waals surface area contributed by atoms with Crippen LogP contribution in [0.4, 0.5) is 5.69 Å². The molecule has 2 heterocycles. The maximum absolute atomic E-state index is 12.6. The van der Waals surface area contributed by atoms with Crippen molar-refractivity contribution in [2.24, 2.45) is 5.73 Å². The van der Waals surface area contributed by atoms with Crippen LogP contribution in [0.25, 0.3) is 0 Å². The van der Waals surface area contributed by atoms with E-state index in [4.69, 9.17) is 10.2 Å². The van der Waals surface area contributed by atoms with Crippen LogP contribution in [0.15, 0.2) is 34.7 Å². The lowest BCUT2D eigenvalue weighted by atomic mass is 10.1. The highest BCUT2D eigenvalue weighted by Crippen LogP contribution is 2.20. The van der Waals surface area contributed by atoms with Crippen LogP contribution in [0.5, 0.6) is 0 Å². The van der Waals surface area contributed by atoms with Gasteiger partial charge < -0.3 is 20.0 Å². The van der Waals surface area contributed by atoms with Gasteiger partial charge in [-0.3, -0.25) is 9.59 Å². The number of piperazine rings is 1. The Kier molecular flexibility index (Phi) is 4.29. The first-order valence-electron chi connectivity index (χ1n) is 7.97. The SMILES string of the molecule is Cc1cc(C(=O)N2CCN(c3ccc(C(N)=O)cc3)CC2)c(C)o1. The van der Waals surface area contributed by atoms with Gasteiger partial charge in [0.2, 0.25) is 5.91 Å². The van der Waals surface area contributed by atoms with Gasteiger partial charge in [-0.25, -0.2) is 0 Å². The number of nitrogens with two attached hydrogens (primary N) is 1. The van der Waals surface area contributed by atoms with E-state index >= 15 is 0 Å². The topological polar surface area (TPSA) is 79.8 Å². The van der Waals surface area contributed by atoms with E-state index in [9.17, 15) is 9.59 Å². The highest BCUT2D eigenvalue weighted by Gasteiger charge is 2.24. The van der Waals surface area contributed by atoms with Gasteiger partial charge in [-0.1, -0.05) is 0 Å². The van der Waals surface area contributed by atoms with E-state index in [1.807, 2.05) is 30.9 Å². The molecule has 0 radical (unpaired) electrons. The van der Waals surface area contributed by atoms with Crippen molar-refractivity contribution in [2.75, 3.05) is 31.1 Å². The Balaban J connectivity index is 1.64. The van der Waals surface area contributed by atoms with Crippen LogP contribution in [-0.4, -0.2) is 42.9 Å². The van der Waals surface area contributed by atoms with Gasteiger partial charge in [0.1, 0.15) is 11.5 Å². The van der Waals surface area contributed by atoms with Gasteiger partial charge in [0.15, 0.2) is 0 Å². The van der Waals surface area contributed by atoms with E-state index in [2.05, 4.69) is 4.90 Å². The summed E-state index contributed by atoms with van der Waals surface area (Å²) in [6.45, 7) is 6.46. The number of carbonyl (C=O) groups excluding carboxylic acids is 2. The Morgan fingerprint density at radius 1 is 1.04 bits per heavy atom. The first kappa shape index (κ1) is 16.1. The zero-order valence-corrected chi connectivity index (χ0v) is 13.9. The van der Waals surface area contributed by atoms with Gasteiger partial charge in [0.05, 0.1) is 5.56 Å². The van der Waals surface area contributed by atoms with Crippen LogP contribution in [0, 0.1) is 13.8 Å². The molecule has 1 saturated heterocycles. The number of hydrogen-bond donors (Lipinski definition) is 1. The molecule has 126 valence electrons. The van der Waals surface area contributed by atoms with Crippen molar-refractivity contribution in [1.82, 2.24) is 4.90 Å². The molecule has 1 fully saturated rings. The summed E-state index contributed by atoms with van der Waals surface area (Å²) in [7, 11) is 0. The molecule has 0 unspecified atom stereocenters. The van der Waals surface area contributed by atoms with Crippen LogP contribution in [0.3, 0.4) is 0 Å². The zero-order chi connectivity index (χ0) is 17.3. The Labute approximate surface area is 140 Å². The van der Waals surface area contributed by atoms with E-state index in [0.29, 0.717) is 30.0 Å². The fourth-order valence-corrected chi connectivity index (χ4v) is 3.02. The predicted molar refractivity (Wildman–Crippen MR) is 91.3 cm³/mol. The van der Waals surface area contributed by atoms with Gasteiger partial charge in [-0.2, -0.15) is 0 Å². The number of primary amides is 1. The van der Waals surface area contributed by atoms with Crippen LogP contribution in [-0.2, 0) is 0 Å². The minimum Gasteiger partial charge on any atom is -0.466 e. The monoisotopic (exact) mass is 327 g/mol. The quantitative estimate of drug-likeness (QED) is 0.934. The lowest BCUT2D eigenvalue weighted by molar-refractivity contribution is 0.0744. The van der Waals surface area contributed by atoms with Crippen LogP contribution < -0.4 is 10.6 Å². The zero-order valence-electron chi connectivity index (χ0n) is 13.9. The molecule has 1 aliphatic heterocycles. The summed E-state index contributed by atoms with van der Waals surface area (Å²) in [5.41, 5.74) is 7.43. The van der Waals surface area contributed by atoms with Crippen molar-refractivity contribution in [3.8, 4) is 0 Å². The normalized spacial score (nSPS) is 14.8. The molecule has 6 nitrogen and oxygen atoms in total. The molecule has 0 bridgehead atoms. The van der Waals surface area contributed by atoms with Crippen molar-refractivity contribution in [3.63, 3.8) is 0 Å². The maximum Gasteiger partial charge on any atom is 0.257 e. The molecule has 24 heavy (non-hydrogen) atoms. The summed E-state index contributed by atoms with van der Waals surface area (Å²) in [6, 6.07) is 9.04. The number of aryl methyl sites for hydroxylation is 2. The highest BCUT2D eigenvalue weighted by atomic mass is 16.3. The largest absolute Gasteiger partial charge is 0.466 e. The Hall–Kier alpha value is -2.76. The molecule has 0 saturated carbocycles. The third-order valence-electron chi connectivity index (χ3n) is 4.36. The van der Waals surface area contributed by atoms with Crippen molar-refractivity contribution >= 4 is 17.5 Å². The molecule has 2 amide bonds. The number of nitrogens with zero attached hydrogens (tertiary/aromatic N) is 2. The first-order valence-corrected chi connectivity index (χ1v) is 7.97. The number of hydrogen-bond acceptors (Lipinski definition) is 4. The Morgan fingerprint density at radius 3 is 2.17 bits per heavy atom. The Bertz CT molecular complexity index is 756. The average Bonchev–Trinajstić information content (AvgIpc) is 2.93. The van der Waals surface area contributed by atoms with Crippen molar-refractivity contribution in [3.05, 3.63) is 53.0 Å². The lowest BCUT2D eigenvalue weighted by Gasteiger charge is -2.36. The van der Waals surface area contributed by atoms with E-state index in [1.54, 1.807) is 18.2 Å². The third-order valence-corrected chi connectivity index (χ3v) is 4.36. The molecule has 3 rings (SSSR count). The minimum atomic E-state index is -0.428. The number of rotatable bonds is 3. The molecule has 6 heteroatoms. The Morgan fingerprint density at radius 2 is 1.67 bits per heavy atom. The number of amides is 2. The van der Waals surface area contributed by atoms with Crippen LogP contribution in [0.1, 0.15) is 32.2 Å². The van der Waals surface area contributed by atoms with Crippen LogP contribution >= 0.6 is 0 Å². The molecule has 2 N–H and O–H groups in total. The second kappa shape index (κ2) is 6.39. The van der Waals surface area contributed by atoms with Gasteiger partial charge in [-0.05, 0) is 44.2 Å². The molecule has 0 atom stereocenters. The van der Waals surface area contributed by atoms with Gasteiger partial charge in [-0.15, -0.1) is 0 Å². The van der Waals surface area contributed by atoms with Crippen molar-refractivity contribution in [1.29, 1.82) is 0 Å². The molecule has 2 aromatic rings. The highest BCUT2D eigenvalue weighted by molar-refractivity contribution is 5.95. The van der Waals surface area contributed by atoms with Crippen LogP contribution in [0.2, 0.25) is 0 Å². The fourth-order valence-electron chi connectivity index (χ4n) is 3.02. The molecule has 1 aromatic heterocycles. The lowest BCUT2D eigenvalue weighted by Crippen LogP contribution is -2.48. The smallest absolute Gasteiger partial charge is 0.257 e. The van der Waals surface area contributed by atoms with Crippen molar-refractivity contribution in [2.45, 2.75) is 13.8 Å². The summed E-state index contributed by atoms with van der Waals surface area (Å²) in [5.74, 6) is 1.02. The second-order valence-electron chi connectivity index (χ2n) is 6.02. The maximum atomic E-state index is 12.6. The van der Waals surface area contributed by atoms with Crippen molar-refractivity contribution < 1.29 is 14.0 Å². The molecular weight excluding hydrogens is 306 g/mol. The van der Waals surface area contributed by atoms with Gasteiger partial charge >= 0.3 is 0 Å². The summed E-state index contributed by atoms with van der Waals surface area (Å²) in [6.07, 6.45) is 0. The molecule has 1 aliphatic rings. The number of benzene rings is 1. The molecule has 1 aromatic carbocycles. The summed E-state index contributed by atoms with van der Waals surface area (Å²) in [5, 5.41) is 0. The van der Waals surface area contributed by atoms with Gasteiger partial charge in [0.25, 0.3) is 5.91 Å². The number of anilines is 1. The number of carbonyl (C=O) groups is 2. The van der Waals surface area contributed by atoms with E-state index < -0.39 is 5.91 Å². The van der Waals surface area contributed by atoms with E-state index in [0.717, 1.165) is 24.5 Å². The van der Waals surface area contributed by atoms with Gasteiger partial charge in [0, 0.05) is 37.4 Å². The van der Waals surface area contributed by atoms with E-state index in [1.165, 1.54) is 0 Å². The molecular formula is C18H21N3O3. The standard InChI is InChI=1S/C18H21N3O3/c1-12-11-16(13(2)24-12)18(23)21-9-7-20(8-10-21)15-5-3-14(4-6-15)17(19)22/h3-6,11H,7-10H2,1-2H3,(H2,19,22). The fraction of sp³-hybridized carbons (Fsp3) is 0.333. The molecule has 0 aliphatic carbocycles. The molecule has 0 spiro atoms. The first-order chi connectivity index (χ1) is 11.5. The predicted octanol–water partition coefficient (Wildman–Crippen LogP) is 1.96. The average molecular weight is 327 g/mol. The number of furan rings is 1. The summed E-state index contributed by atoms with van der Waals surface area (Å²) < 4.78 is 5.45. The summed E-state index contributed by atoms with van der Waals surface area (Å²) >= 11 is 0. The second-order valence-corrected chi connectivity index (χ2v) is 6.02. The summed E-state index contributed by atoms with van der Waals surface area (Å²) in [4.78, 5) is 27.8.